The first-order valence-electron chi connectivity index (χ1n) is 5.25. The highest BCUT2D eigenvalue weighted by molar-refractivity contribution is 9.11. The van der Waals surface area contributed by atoms with E-state index in [-0.39, 0.29) is 0 Å². The van der Waals surface area contributed by atoms with E-state index >= 15 is 0 Å². The molecule has 1 aromatic rings. The number of aromatic nitrogens is 1. The molecule has 1 atom stereocenters. The number of rotatable bonds is 5. The van der Waals surface area contributed by atoms with Gasteiger partial charge in [0.1, 0.15) is 5.82 Å². The van der Waals surface area contributed by atoms with Crippen molar-refractivity contribution in [1.82, 2.24) is 4.98 Å². The molecule has 0 saturated heterocycles. The summed E-state index contributed by atoms with van der Waals surface area (Å²) in [6.45, 7) is 4.40. The van der Waals surface area contributed by atoms with Gasteiger partial charge >= 0.3 is 0 Å². The van der Waals surface area contributed by atoms with Crippen molar-refractivity contribution in [3.8, 4) is 0 Å². The Bertz CT molecular complexity index is 315. The summed E-state index contributed by atoms with van der Waals surface area (Å²) < 4.78 is 2.00. The number of nitrogens with zero attached hydrogens (tertiary/aromatic N) is 1. The van der Waals surface area contributed by atoms with E-state index < -0.39 is 0 Å². The van der Waals surface area contributed by atoms with Gasteiger partial charge in [-0.3, -0.25) is 0 Å². The molecule has 0 aliphatic heterocycles. The van der Waals surface area contributed by atoms with Gasteiger partial charge in [-0.15, -0.1) is 0 Å². The molecule has 1 aromatic heterocycles. The van der Waals surface area contributed by atoms with Gasteiger partial charge in [-0.2, -0.15) is 0 Å². The van der Waals surface area contributed by atoms with Crippen molar-refractivity contribution in [3.63, 3.8) is 0 Å². The van der Waals surface area contributed by atoms with Crippen LogP contribution in [0.5, 0.6) is 0 Å². The first kappa shape index (κ1) is 13.0. The lowest BCUT2D eigenvalue weighted by Crippen LogP contribution is -2.19. The van der Waals surface area contributed by atoms with Gasteiger partial charge in [-0.1, -0.05) is 20.3 Å². The van der Waals surface area contributed by atoms with Gasteiger partial charge in [0.15, 0.2) is 0 Å². The first-order chi connectivity index (χ1) is 7.17. The van der Waals surface area contributed by atoms with Crippen molar-refractivity contribution in [1.29, 1.82) is 0 Å². The van der Waals surface area contributed by atoms with Crippen LogP contribution in [0, 0.1) is 0 Å². The molecule has 0 radical (unpaired) electrons. The van der Waals surface area contributed by atoms with E-state index in [9.17, 15) is 0 Å². The molecule has 0 bridgehead atoms. The monoisotopic (exact) mass is 334 g/mol. The van der Waals surface area contributed by atoms with Crippen LogP contribution in [0.3, 0.4) is 0 Å². The van der Waals surface area contributed by atoms with Crippen LogP contribution in [0.25, 0.3) is 0 Å². The Morgan fingerprint density at radius 1 is 1.40 bits per heavy atom. The van der Waals surface area contributed by atoms with Gasteiger partial charge in [-0.25, -0.2) is 4.98 Å². The SMILES string of the molecule is CCCC(CC)Nc1ncc(Br)cc1Br. The topological polar surface area (TPSA) is 24.9 Å². The van der Waals surface area contributed by atoms with E-state index in [0.29, 0.717) is 6.04 Å². The van der Waals surface area contributed by atoms with E-state index in [0.717, 1.165) is 21.2 Å². The Labute approximate surface area is 108 Å². The maximum absolute atomic E-state index is 4.34. The highest BCUT2D eigenvalue weighted by atomic mass is 79.9. The number of hydrogen-bond acceptors (Lipinski definition) is 2. The molecule has 0 saturated carbocycles. The molecule has 4 heteroatoms. The van der Waals surface area contributed by atoms with Crippen LogP contribution in [-0.4, -0.2) is 11.0 Å². The van der Waals surface area contributed by atoms with E-state index in [1.165, 1.54) is 12.8 Å². The van der Waals surface area contributed by atoms with E-state index in [1.54, 1.807) is 0 Å². The van der Waals surface area contributed by atoms with Crippen LogP contribution >= 0.6 is 31.9 Å². The second-order valence-corrected chi connectivity index (χ2v) is 5.29. The Kier molecular flexibility index (Phi) is 5.61. The Balaban J connectivity index is 2.70. The average molecular weight is 336 g/mol. The van der Waals surface area contributed by atoms with E-state index in [2.05, 4.69) is 56.0 Å². The Morgan fingerprint density at radius 2 is 2.13 bits per heavy atom. The van der Waals surface area contributed by atoms with E-state index in [1.807, 2.05) is 12.3 Å². The predicted octanol–water partition coefficient (Wildman–Crippen LogP) is 4.60. The molecule has 1 unspecified atom stereocenters. The molecule has 0 spiro atoms. The van der Waals surface area contributed by atoms with Crippen molar-refractivity contribution >= 4 is 37.7 Å². The molecular weight excluding hydrogens is 320 g/mol. The molecule has 1 rings (SSSR count). The summed E-state index contributed by atoms with van der Waals surface area (Å²) in [5, 5.41) is 3.45. The fourth-order valence-electron chi connectivity index (χ4n) is 1.44. The largest absolute Gasteiger partial charge is 0.366 e. The third-order valence-electron chi connectivity index (χ3n) is 2.28. The summed E-state index contributed by atoms with van der Waals surface area (Å²) in [4.78, 5) is 4.34. The maximum Gasteiger partial charge on any atom is 0.140 e. The van der Waals surface area contributed by atoms with Crippen LogP contribution in [0.1, 0.15) is 33.1 Å². The Hall–Kier alpha value is -0.0900. The van der Waals surface area contributed by atoms with Crippen molar-refractivity contribution in [3.05, 3.63) is 21.2 Å². The average Bonchev–Trinajstić information content (AvgIpc) is 2.21. The quantitative estimate of drug-likeness (QED) is 0.850. The number of anilines is 1. The predicted molar refractivity (Wildman–Crippen MR) is 72.2 cm³/mol. The van der Waals surface area contributed by atoms with Gasteiger partial charge in [0.05, 0.1) is 4.47 Å². The molecule has 0 aliphatic rings. The molecule has 0 amide bonds. The normalized spacial score (nSPS) is 12.5. The highest BCUT2D eigenvalue weighted by Crippen LogP contribution is 2.24. The third-order valence-corrected chi connectivity index (χ3v) is 3.32. The summed E-state index contributed by atoms with van der Waals surface area (Å²) >= 11 is 6.89. The standard InChI is InChI=1S/C11H16Br2N2/c1-3-5-9(4-2)15-11-10(13)6-8(12)7-14-11/h6-7,9H,3-5H2,1-2H3,(H,14,15). The van der Waals surface area contributed by atoms with Gasteiger partial charge in [0.2, 0.25) is 0 Å². The lowest BCUT2D eigenvalue weighted by atomic mass is 10.1. The zero-order chi connectivity index (χ0) is 11.3. The minimum atomic E-state index is 0.514. The van der Waals surface area contributed by atoms with E-state index in [4.69, 9.17) is 0 Å². The fourth-order valence-corrected chi connectivity index (χ4v) is 2.54. The summed E-state index contributed by atoms with van der Waals surface area (Å²) in [5.41, 5.74) is 0. The van der Waals surface area contributed by atoms with Crippen LogP contribution in [0.15, 0.2) is 21.2 Å². The molecule has 0 fully saturated rings. The number of halogens is 2. The molecule has 2 nitrogen and oxygen atoms in total. The second-order valence-electron chi connectivity index (χ2n) is 3.52. The smallest absolute Gasteiger partial charge is 0.140 e. The van der Waals surface area contributed by atoms with Crippen molar-refractivity contribution < 1.29 is 0 Å². The molecule has 0 aliphatic carbocycles. The lowest BCUT2D eigenvalue weighted by molar-refractivity contribution is 0.620. The second kappa shape index (κ2) is 6.48. The molecule has 84 valence electrons. The number of nitrogens with one attached hydrogen (secondary N) is 1. The first-order valence-corrected chi connectivity index (χ1v) is 6.83. The van der Waals surface area contributed by atoms with Crippen molar-refractivity contribution in [2.45, 2.75) is 39.2 Å². The van der Waals surface area contributed by atoms with Crippen LogP contribution < -0.4 is 5.32 Å². The maximum atomic E-state index is 4.34. The number of pyridine rings is 1. The van der Waals surface area contributed by atoms with Crippen LogP contribution in [0.4, 0.5) is 5.82 Å². The molecule has 0 aromatic carbocycles. The fraction of sp³-hybridized carbons (Fsp3) is 0.545. The third kappa shape index (κ3) is 4.11. The molecular formula is C11H16Br2N2. The minimum absolute atomic E-state index is 0.514. The van der Waals surface area contributed by atoms with Gasteiger partial charge in [-0.05, 0) is 50.8 Å². The molecule has 15 heavy (non-hydrogen) atoms. The van der Waals surface area contributed by atoms with Gasteiger partial charge in [0, 0.05) is 16.7 Å². The summed E-state index contributed by atoms with van der Waals surface area (Å²) in [5.74, 6) is 0.929. The van der Waals surface area contributed by atoms with Gasteiger partial charge < -0.3 is 5.32 Å². The summed E-state index contributed by atoms with van der Waals surface area (Å²) in [6, 6.07) is 2.52. The minimum Gasteiger partial charge on any atom is -0.366 e. The number of hydrogen-bond donors (Lipinski definition) is 1. The zero-order valence-electron chi connectivity index (χ0n) is 9.06. The lowest BCUT2D eigenvalue weighted by Gasteiger charge is -2.17. The zero-order valence-corrected chi connectivity index (χ0v) is 12.2. The highest BCUT2D eigenvalue weighted by Gasteiger charge is 2.08. The van der Waals surface area contributed by atoms with Crippen LogP contribution in [0.2, 0.25) is 0 Å². The van der Waals surface area contributed by atoms with Crippen LogP contribution in [-0.2, 0) is 0 Å². The van der Waals surface area contributed by atoms with Gasteiger partial charge in [0.25, 0.3) is 0 Å². The van der Waals surface area contributed by atoms with Crippen molar-refractivity contribution in [2.75, 3.05) is 5.32 Å². The Morgan fingerprint density at radius 3 is 2.67 bits per heavy atom. The van der Waals surface area contributed by atoms with Crippen molar-refractivity contribution in [2.24, 2.45) is 0 Å². The molecule has 1 heterocycles. The molecule has 1 N–H and O–H groups in total. The summed E-state index contributed by atoms with van der Waals surface area (Å²) in [7, 11) is 0. The summed E-state index contributed by atoms with van der Waals surface area (Å²) in [6.07, 6.45) is 5.31.